The second-order valence-electron chi connectivity index (χ2n) is 2.98. The summed E-state index contributed by atoms with van der Waals surface area (Å²) in [7, 11) is 0. The van der Waals surface area contributed by atoms with Crippen molar-refractivity contribution in [3.05, 3.63) is 22.2 Å². The minimum absolute atomic E-state index is 0.256. The van der Waals surface area contributed by atoms with Crippen molar-refractivity contribution < 1.29 is 14.3 Å². The van der Waals surface area contributed by atoms with Gasteiger partial charge in [0.15, 0.2) is 11.5 Å². The number of aldehydes is 1. The van der Waals surface area contributed by atoms with Crippen molar-refractivity contribution in [2.45, 2.75) is 12.8 Å². The van der Waals surface area contributed by atoms with E-state index in [1.165, 1.54) is 0 Å². The van der Waals surface area contributed by atoms with Gasteiger partial charge in [-0.1, -0.05) is 6.07 Å². The van der Waals surface area contributed by atoms with Crippen LogP contribution in [-0.4, -0.2) is 13.1 Å². The molecule has 0 saturated carbocycles. The number of ether oxygens (including phenoxy) is 2. The Kier molecular flexibility index (Phi) is 2.72. The average Bonchev–Trinajstić information content (AvgIpc) is 2.66. The highest BCUT2D eigenvalue weighted by molar-refractivity contribution is 9.10. The lowest BCUT2D eigenvalue weighted by Gasteiger charge is -2.04. The van der Waals surface area contributed by atoms with E-state index >= 15 is 0 Å². The Morgan fingerprint density at radius 3 is 2.93 bits per heavy atom. The van der Waals surface area contributed by atoms with Crippen molar-refractivity contribution in [2.75, 3.05) is 6.79 Å². The zero-order chi connectivity index (χ0) is 9.97. The number of carbonyl (C=O) groups excluding carboxylic acids is 1. The summed E-state index contributed by atoms with van der Waals surface area (Å²) in [5.41, 5.74) is 1.02. The standard InChI is InChI=1S/C10H9BrO3/c11-8-4-3-7(2-1-5-12)9-10(8)14-6-13-9/h3-5H,1-2,6H2. The molecule has 0 atom stereocenters. The lowest BCUT2D eigenvalue weighted by Crippen LogP contribution is -1.94. The Hall–Kier alpha value is -1.03. The smallest absolute Gasteiger partial charge is 0.231 e. The van der Waals surface area contributed by atoms with Gasteiger partial charge in [0.05, 0.1) is 4.47 Å². The molecular weight excluding hydrogens is 248 g/mol. The number of hydrogen-bond acceptors (Lipinski definition) is 3. The van der Waals surface area contributed by atoms with E-state index in [4.69, 9.17) is 9.47 Å². The van der Waals surface area contributed by atoms with Crippen molar-refractivity contribution in [2.24, 2.45) is 0 Å². The Morgan fingerprint density at radius 1 is 1.36 bits per heavy atom. The van der Waals surface area contributed by atoms with E-state index in [2.05, 4.69) is 15.9 Å². The maximum absolute atomic E-state index is 10.3. The van der Waals surface area contributed by atoms with Gasteiger partial charge in [-0.25, -0.2) is 0 Å². The molecule has 0 saturated heterocycles. The van der Waals surface area contributed by atoms with E-state index in [1.807, 2.05) is 12.1 Å². The Morgan fingerprint density at radius 2 is 2.14 bits per heavy atom. The van der Waals surface area contributed by atoms with Crippen LogP contribution in [-0.2, 0) is 11.2 Å². The molecule has 4 heteroatoms. The maximum Gasteiger partial charge on any atom is 0.231 e. The molecule has 14 heavy (non-hydrogen) atoms. The lowest BCUT2D eigenvalue weighted by atomic mass is 10.1. The number of hydrogen-bond donors (Lipinski definition) is 0. The van der Waals surface area contributed by atoms with Gasteiger partial charge in [-0.3, -0.25) is 0 Å². The summed E-state index contributed by atoms with van der Waals surface area (Å²) in [6, 6.07) is 3.86. The van der Waals surface area contributed by atoms with Crippen molar-refractivity contribution in [1.29, 1.82) is 0 Å². The first kappa shape index (κ1) is 9.52. The minimum Gasteiger partial charge on any atom is -0.453 e. The predicted octanol–water partition coefficient (Wildman–Crippen LogP) is 2.31. The van der Waals surface area contributed by atoms with Crippen molar-refractivity contribution in [3.63, 3.8) is 0 Å². The van der Waals surface area contributed by atoms with Gasteiger partial charge in [0.25, 0.3) is 0 Å². The largest absolute Gasteiger partial charge is 0.453 e. The van der Waals surface area contributed by atoms with Gasteiger partial charge in [-0.05, 0) is 34.0 Å². The molecule has 0 radical (unpaired) electrons. The molecule has 0 bridgehead atoms. The van der Waals surface area contributed by atoms with Gasteiger partial charge in [0, 0.05) is 6.42 Å². The molecule has 0 unspecified atom stereocenters. The molecule has 0 fully saturated rings. The van der Waals surface area contributed by atoms with E-state index in [0.29, 0.717) is 12.8 Å². The Balaban J connectivity index is 2.33. The summed E-state index contributed by atoms with van der Waals surface area (Å²) in [6.07, 6.45) is 2.12. The first-order valence-corrected chi connectivity index (χ1v) is 5.13. The predicted molar refractivity (Wildman–Crippen MR) is 54.7 cm³/mol. The molecule has 0 spiro atoms. The van der Waals surface area contributed by atoms with Gasteiger partial charge < -0.3 is 14.3 Å². The molecule has 0 aromatic heterocycles. The maximum atomic E-state index is 10.3. The molecule has 0 amide bonds. The minimum atomic E-state index is 0.256. The molecule has 2 rings (SSSR count). The SMILES string of the molecule is O=CCCc1ccc(Br)c2c1OCO2. The number of halogens is 1. The molecule has 1 aromatic rings. The molecular formula is C10H9BrO3. The van der Waals surface area contributed by atoms with Gasteiger partial charge in [0.2, 0.25) is 6.79 Å². The van der Waals surface area contributed by atoms with E-state index in [1.54, 1.807) is 0 Å². The van der Waals surface area contributed by atoms with Gasteiger partial charge >= 0.3 is 0 Å². The van der Waals surface area contributed by atoms with E-state index < -0.39 is 0 Å². The highest BCUT2D eigenvalue weighted by Gasteiger charge is 2.20. The molecule has 1 aromatic carbocycles. The first-order valence-electron chi connectivity index (χ1n) is 4.33. The van der Waals surface area contributed by atoms with Crippen LogP contribution >= 0.6 is 15.9 Å². The number of aryl methyl sites for hydroxylation is 1. The van der Waals surface area contributed by atoms with Crippen LogP contribution < -0.4 is 9.47 Å². The highest BCUT2D eigenvalue weighted by atomic mass is 79.9. The summed E-state index contributed by atoms with van der Waals surface area (Å²) in [6.45, 7) is 0.256. The third-order valence-corrected chi connectivity index (χ3v) is 2.71. The van der Waals surface area contributed by atoms with E-state index in [-0.39, 0.29) is 6.79 Å². The van der Waals surface area contributed by atoms with Crippen LogP contribution in [0.4, 0.5) is 0 Å². The molecule has 74 valence electrons. The Bertz CT molecular complexity index is 363. The van der Waals surface area contributed by atoms with Crippen LogP contribution in [0.1, 0.15) is 12.0 Å². The number of rotatable bonds is 3. The molecule has 0 aliphatic carbocycles. The van der Waals surface area contributed by atoms with E-state index in [9.17, 15) is 4.79 Å². The fraction of sp³-hybridized carbons (Fsp3) is 0.300. The van der Waals surface area contributed by atoms with Crippen LogP contribution in [0.3, 0.4) is 0 Å². The van der Waals surface area contributed by atoms with Crippen molar-refractivity contribution in [1.82, 2.24) is 0 Å². The summed E-state index contributed by atoms with van der Waals surface area (Å²) in [5.74, 6) is 1.51. The number of benzene rings is 1. The second-order valence-corrected chi connectivity index (χ2v) is 3.83. The van der Waals surface area contributed by atoms with Gasteiger partial charge in [0.1, 0.15) is 6.29 Å². The Labute approximate surface area is 90.1 Å². The third kappa shape index (κ3) is 1.62. The lowest BCUT2D eigenvalue weighted by molar-refractivity contribution is -0.107. The van der Waals surface area contributed by atoms with Crippen LogP contribution in [0.25, 0.3) is 0 Å². The quantitative estimate of drug-likeness (QED) is 0.779. The van der Waals surface area contributed by atoms with Crippen LogP contribution in [0.2, 0.25) is 0 Å². The van der Waals surface area contributed by atoms with Gasteiger partial charge in [-0.2, -0.15) is 0 Å². The van der Waals surface area contributed by atoms with Crippen LogP contribution in [0, 0.1) is 0 Å². The monoisotopic (exact) mass is 256 g/mol. The third-order valence-electron chi connectivity index (χ3n) is 2.08. The zero-order valence-electron chi connectivity index (χ0n) is 7.46. The number of carbonyl (C=O) groups is 1. The van der Waals surface area contributed by atoms with Gasteiger partial charge in [-0.15, -0.1) is 0 Å². The number of fused-ring (bicyclic) bond motifs is 1. The van der Waals surface area contributed by atoms with Crippen LogP contribution in [0.5, 0.6) is 11.5 Å². The normalized spacial score (nSPS) is 12.9. The summed E-state index contributed by atoms with van der Waals surface area (Å²) in [4.78, 5) is 10.3. The molecule has 3 nitrogen and oxygen atoms in total. The first-order chi connectivity index (χ1) is 6.83. The zero-order valence-corrected chi connectivity index (χ0v) is 9.04. The summed E-state index contributed by atoms with van der Waals surface area (Å²) >= 11 is 3.38. The fourth-order valence-corrected chi connectivity index (χ4v) is 1.86. The summed E-state index contributed by atoms with van der Waals surface area (Å²) in [5, 5.41) is 0. The van der Waals surface area contributed by atoms with E-state index in [0.717, 1.165) is 27.8 Å². The highest BCUT2D eigenvalue weighted by Crippen LogP contribution is 2.41. The van der Waals surface area contributed by atoms with Crippen LogP contribution in [0.15, 0.2) is 16.6 Å². The molecule has 1 heterocycles. The topological polar surface area (TPSA) is 35.5 Å². The average molecular weight is 257 g/mol. The second kappa shape index (κ2) is 4.00. The van der Waals surface area contributed by atoms with Crippen molar-refractivity contribution in [3.8, 4) is 11.5 Å². The summed E-state index contributed by atoms with van der Waals surface area (Å²) < 4.78 is 11.5. The molecule has 0 N–H and O–H groups in total. The van der Waals surface area contributed by atoms with Crippen molar-refractivity contribution >= 4 is 22.2 Å². The fourth-order valence-electron chi connectivity index (χ4n) is 1.43. The molecule has 1 aliphatic rings. The molecule has 1 aliphatic heterocycles.